The van der Waals surface area contributed by atoms with Gasteiger partial charge in [-0.1, -0.05) is 49.4 Å². The Bertz CT molecular complexity index is 630. The predicted octanol–water partition coefficient (Wildman–Crippen LogP) is 5.86. The fraction of sp³-hybridized carbons (Fsp3) is 0.316. The van der Waals surface area contributed by atoms with Crippen LogP contribution >= 0.6 is 0 Å². The van der Waals surface area contributed by atoms with Gasteiger partial charge >= 0.3 is 6.18 Å². The van der Waals surface area contributed by atoms with Gasteiger partial charge in [-0.3, -0.25) is 4.79 Å². The van der Waals surface area contributed by atoms with Crippen molar-refractivity contribution in [2.24, 2.45) is 0 Å². The zero-order chi connectivity index (χ0) is 16.9. The number of benzene rings is 2. The molecule has 0 heterocycles. The molecule has 0 aliphatic rings. The second kappa shape index (κ2) is 7.44. The second-order valence-electron chi connectivity index (χ2n) is 5.70. The predicted molar refractivity (Wildman–Crippen MR) is 84.5 cm³/mol. The lowest BCUT2D eigenvalue weighted by atomic mass is 9.94. The average molecular weight is 320 g/mol. The molecule has 122 valence electrons. The summed E-state index contributed by atoms with van der Waals surface area (Å²) in [6.07, 6.45) is -2.43. The lowest BCUT2D eigenvalue weighted by molar-refractivity contribution is -0.137. The first-order valence-corrected chi connectivity index (χ1v) is 7.63. The molecule has 0 radical (unpaired) electrons. The number of ketones is 1. The van der Waals surface area contributed by atoms with Crippen LogP contribution in [0.5, 0.6) is 0 Å². The summed E-state index contributed by atoms with van der Waals surface area (Å²) in [7, 11) is 0. The van der Waals surface area contributed by atoms with E-state index in [4.69, 9.17) is 0 Å². The van der Waals surface area contributed by atoms with Gasteiger partial charge in [0, 0.05) is 12.0 Å². The van der Waals surface area contributed by atoms with Gasteiger partial charge in [-0.05, 0) is 36.5 Å². The van der Waals surface area contributed by atoms with E-state index in [0.717, 1.165) is 25.0 Å². The van der Waals surface area contributed by atoms with Crippen molar-refractivity contribution < 1.29 is 18.0 Å². The van der Waals surface area contributed by atoms with Crippen molar-refractivity contribution in [2.45, 2.75) is 38.3 Å². The van der Waals surface area contributed by atoms with Crippen LogP contribution in [0.4, 0.5) is 13.2 Å². The van der Waals surface area contributed by atoms with Crippen molar-refractivity contribution in [2.75, 3.05) is 0 Å². The molecule has 0 saturated carbocycles. The lowest BCUT2D eigenvalue weighted by Crippen LogP contribution is -2.06. The standard InChI is InChI=1S/C19H19F3O/c1-14(15-7-3-2-4-8-15)6-5-9-18(23)16-10-12-17(13-11-16)19(20,21)22/h2-4,7-8,10-14H,5-6,9H2,1H3/t14-/m1/s1. The van der Waals surface area contributed by atoms with E-state index in [2.05, 4.69) is 19.1 Å². The Morgan fingerprint density at radius 1 is 1.00 bits per heavy atom. The molecule has 0 N–H and O–H groups in total. The third-order valence-corrected chi connectivity index (χ3v) is 3.94. The minimum absolute atomic E-state index is 0.112. The number of carbonyl (C=O) groups excluding carboxylic acids is 1. The van der Waals surface area contributed by atoms with Gasteiger partial charge in [-0.25, -0.2) is 0 Å². The van der Waals surface area contributed by atoms with Crippen molar-refractivity contribution >= 4 is 5.78 Å². The van der Waals surface area contributed by atoms with E-state index < -0.39 is 11.7 Å². The third kappa shape index (κ3) is 4.95. The minimum Gasteiger partial charge on any atom is -0.294 e. The second-order valence-corrected chi connectivity index (χ2v) is 5.70. The van der Waals surface area contributed by atoms with Gasteiger partial charge in [0.2, 0.25) is 0 Å². The summed E-state index contributed by atoms with van der Waals surface area (Å²) in [4.78, 5) is 12.0. The van der Waals surface area contributed by atoms with Crippen LogP contribution in [-0.4, -0.2) is 5.78 Å². The summed E-state index contributed by atoms with van der Waals surface area (Å²) < 4.78 is 37.5. The molecule has 0 unspecified atom stereocenters. The largest absolute Gasteiger partial charge is 0.416 e. The van der Waals surface area contributed by atoms with Gasteiger partial charge in [0.15, 0.2) is 5.78 Å². The molecule has 0 fully saturated rings. The van der Waals surface area contributed by atoms with Crippen LogP contribution in [0.3, 0.4) is 0 Å². The van der Waals surface area contributed by atoms with E-state index in [1.54, 1.807) is 0 Å². The quantitative estimate of drug-likeness (QED) is 0.609. The number of carbonyl (C=O) groups is 1. The van der Waals surface area contributed by atoms with Crippen LogP contribution in [0.15, 0.2) is 54.6 Å². The summed E-state index contributed by atoms with van der Waals surface area (Å²) in [6, 6.07) is 14.5. The molecule has 4 heteroatoms. The van der Waals surface area contributed by atoms with E-state index >= 15 is 0 Å². The highest BCUT2D eigenvalue weighted by Crippen LogP contribution is 2.29. The molecule has 1 atom stereocenters. The maximum atomic E-state index is 12.5. The number of Topliss-reactive ketones (excluding diaryl/α,β-unsaturated/α-hetero) is 1. The molecule has 0 bridgehead atoms. The number of rotatable bonds is 6. The number of hydrogen-bond donors (Lipinski definition) is 0. The van der Waals surface area contributed by atoms with Crippen molar-refractivity contribution in [3.05, 3.63) is 71.3 Å². The molecule has 2 rings (SSSR count). The molecule has 0 spiro atoms. The minimum atomic E-state index is -4.37. The number of halogens is 3. The van der Waals surface area contributed by atoms with Gasteiger partial charge in [-0.15, -0.1) is 0 Å². The first-order chi connectivity index (χ1) is 10.9. The molecular formula is C19H19F3O. The Kier molecular flexibility index (Phi) is 5.59. The van der Waals surface area contributed by atoms with Crippen molar-refractivity contribution in [1.82, 2.24) is 0 Å². The molecule has 23 heavy (non-hydrogen) atoms. The summed E-state index contributed by atoms with van der Waals surface area (Å²) in [5.41, 5.74) is 0.839. The Labute approximate surface area is 134 Å². The SMILES string of the molecule is C[C@H](CCCC(=O)c1ccc(C(F)(F)F)cc1)c1ccccc1. The van der Waals surface area contributed by atoms with Gasteiger partial charge in [0.05, 0.1) is 5.56 Å². The lowest BCUT2D eigenvalue weighted by Gasteiger charge is -2.11. The molecule has 2 aromatic carbocycles. The molecular weight excluding hydrogens is 301 g/mol. The van der Waals surface area contributed by atoms with Crippen molar-refractivity contribution in [1.29, 1.82) is 0 Å². The Hall–Kier alpha value is -2.10. The highest BCUT2D eigenvalue weighted by molar-refractivity contribution is 5.96. The van der Waals surface area contributed by atoms with Gasteiger partial charge < -0.3 is 0 Å². The third-order valence-electron chi connectivity index (χ3n) is 3.94. The number of hydrogen-bond acceptors (Lipinski definition) is 1. The highest BCUT2D eigenvalue weighted by atomic mass is 19.4. The zero-order valence-electron chi connectivity index (χ0n) is 12.9. The van der Waals surface area contributed by atoms with Crippen LogP contribution in [0.2, 0.25) is 0 Å². The van der Waals surface area contributed by atoms with E-state index in [9.17, 15) is 18.0 Å². The first-order valence-electron chi connectivity index (χ1n) is 7.63. The van der Waals surface area contributed by atoms with E-state index in [0.29, 0.717) is 17.9 Å². The van der Waals surface area contributed by atoms with Crippen LogP contribution < -0.4 is 0 Å². The Morgan fingerprint density at radius 2 is 1.61 bits per heavy atom. The molecule has 0 aliphatic carbocycles. The van der Waals surface area contributed by atoms with Gasteiger partial charge in [-0.2, -0.15) is 13.2 Å². The van der Waals surface area contributed by atoms with Crippen LogP contribution in [0.1, 0.15) is 53.6 Å². The summed E-state index contributed by atoms with van der Waals surface area (Å²) in [6.45, 7) is 2.11. The van der Waals surface area contributed by atoms with Gasteiger partial charge in [0.1, 0.15) is 0 Å². The molecule has 2 aromatic rings. The first kappa shape index (κ1) is 17.3. The molecule has 0 aromatic heterocycles. The van der Waals surface area contributed by atoms with E-state index in [1.807, 2.05) is 18.2 Å². The Morgan fingerprint density at radius 3 is 2.17 bits per heavy atom. The van der Waals surface area contributed by atoms with Crippen LogP contribution in [-0.2, 0) is 6.18 Å². The van der Waals surface area contributed by atoms with Crippen LogP contribution in [0, 0.1) is 0 Å². The molecule has 0 aliphatic heterocycles. The summed E-state index contributed by atoms with van der Waals surface area (Å²) in [5.74, 6) is 0.246. The molecule has 1 nitrogen and oxygen atoms in total. The van der Waals surface area contributed by atoms with E-state index in [-0.39, 0.29) is 5.78 Å². The topological polar surface area (TPSA) is 17.1 Å². The zero-order valence-corrected chi connectivity index (χ0v) is 12.9. The van der Waals surface area contributed by atoms with E-state index in [1.165, 1.54) is 17.7 Å². The fourth-order valence-electron chi connectivity index (χ4n) is 2.51. The maximum Gasteiger partial charge on any atom is 0.416 e. The highest BCUT2D eigenvalue weighted by Gasteiger charge is 2.30. The average Bonchev–Trinajstić information content (AvgIpc) is 2.54. The smallest absolute Gasteiger partial charge is 0.294 e. The Balaban J connectivity index is 1.85. The van der Waals surface area contributed by atoms with Crippen LogP contribution in [0.25, 0.3) is 0 Å². The normalized spacial score (nSPS) is 12.9. The summed E-state index contributed by atoms with van der Waals surface area (Å²) >= 11 is 0. The molecule has 0 saturated heterocycles. The number of alkyl halides is 3. The fourth-order valence-corrected chi connectivity index (χ4v) is 2.51. The summed E-state index contributed by atoms with van der Waals surface area (Å²) in [5, 5.41) is 0. The van der Waals surface area contributed by atoms with Crippen molar-refractivity contribution in [3.8, 4) is 0 Å². The molecule has 0 amide bonds. The monoisotopic (exact) mass is 320 g/mol. The van der Waals surface area contributed by atoms with Gasteiger partial charge in [0.25, 0.3) is 0 Å². The van der Waals surface area contributed by atoms with Crippen molar-refractivity contribution in [3.63, 3.8) is 0 Å². The maximum absolute atomic E-state index is 12.5.